The van der Waals surface area contributed by atoms with Crippen LogP contribution in [-0.4, -0.2) is 56.5 Å². The third-order valence-electron chi connectivity index (χ3n) is 4.63. The number of carbonyl (C=O) groups excluding carboxylic acids is 1. The highest BCUT2D eigenvalue weighted by molar-refractivity contribution is 5.74. The number of imidazole rings is 1. The number of nitrogens with one attached hydrogen (secondary N) is 2. The second-order valence-corrected chi connectivity index (χ2v) is 6.47. The van der Waals surface area contributed by atoms with E-state index in [1.165, 1.54) is 12.3 Å². The van der Waals surface area contributed by atoms with Gasteiger partial charge in [0.05, 0.1) is 6.20 Å². The Labute approximate surface area is 155 Å². The monoisotopic (exact) mass is 369 g/mol. The molecule has 0 bridgehead atoms. The molecule has 1 saturated heterocycles. The number of amides is 2. The zero-order chi connectivity index (χ0) is 18.8. The maximum absolute atomic E-state index is 13.6. The van der Waals surface area contributed by atoms with Crippen LogP contribution < -0.4 is 10.6 Å². The molecule has 2 amide bonds. The third-order valence-corrected chi connectivity index (χ3v) is 4.63. The zero-order valence-electron chi connectivity index (χ0n) is 14.9. The SMILES string of the molecule is CNC(=O)N1CCC[C@@H](Nc2ccnc(-c3cnc4ccc(F)cn34)n2)C1. The van der Waals surface area contributed by atoms with Crippen LogP contribution in [0.15, 0.2) is 36.8 Å². The van der Waals surface area contributed by atoms with Gasteiger partial charge in [-0.05, 0) is 31.0 Å². The summed E-state index contributed by atoms with van der Waals surface area (Å²) in [5, 5.41) is 6.04. The Morgan fingerprint density at radius 2 is 2.19 bits per heavy atom. The van der Waals surface area contributed by atoms with Gasteiger partial charge in [0.15, 0.2) is 5.82 Å². The number of carbonyl (C=O) groups is 1. The minimum absolute atomic E-state index is 0.0716. The highest BCUT2D eigenvalue weighted by atomic mass is 19.1. The van der Waals surface area contributed by atoms with Crippen molar-refractivity contribution < 1.29 is 9.18 Å². The Hall–Kier alpha value is -3.23. The van der Waals surface area contributed by atoms with Gasteiger partial charge in [-0.25, -0.2) is 24.1 Å². The summed E-state index contributed by atoms with van der Waals surface area (Å²) in [7, 11) is 1.63. The van der Waals surface area contributed by atoms with Crippen LogP contribution in [0.1, 0.15) is 12.8 Å². The van der Waals surface area contributed by atoms with E-state index >= 15 is 0 Å². The Bertz CT molecular complexity index is 973. The van der Waals surface area contributed by atoms with Gasteiger partial charge in [-0.1, -0.05) is 0 Å². The van der Waals surface area contributed by atoms with Gasteiger partial charge in [0.1, 0.15) is 23.0 Å². The molecule has 4 rings (SSSR count). The number of fused-ring (bicyclic) bond motifs is 1. The molecular formula is C18H20FN7O. The first-order chi connectivity index (χ1) is 13.1. The number of aromatic nitrogens is 4. The number of hydrogen-bond donors (Lipinski definition) is 2. The number of anilines is 1. The van der Waals surface area contributed by atoms with Gasteiger partial charge in [0.2, 0.25) is 0 Å². The van der Waals surface area contributed by atoms with Crippen molar-refractivity contribution in [3.63, 3.8) is 0 Å². The van der Waals surface area contributed by atoms with Crippen LogP contribution >= 0.6 is 0 Å². The summed E-state index contributed by atoms with van der Waals surface area (Å²) in [5.41, 5.74) is 1.24. The summed E-state index contributed by atoms with van der Waals surface area (Å²) in [6.45, 7) is 1.36. The van der Waals surface area contributed by atoms with Crippen molar-refractivity contribution in [1.82, 2.24) is 29.6 Å². The smallest absolute Gasteiger partial charge is 0.317 e. The second-order valence-electron chi connectivity index (χ2n) is 6.47. The Morgan fingerprint density at radius 3 is 3.04 bits per heavy atom. The Balaban J connectivity index is 1.56. The lowest BCUT2D eigenvalue weighted by Gasteiger charge is -2.33. The van der Waals surface area contributed by atoms with Crippen molar-refractivity contribution in [3.05, 3.63) is 42.6 Å². The largest absolute Gasteiger partial charge is 0.365 e. The van der Waals surface area contributed by atoms with E-state index < -0.39 is 0 Å². The van der Waals surface area contributed by atoms with E-state index in [0.29, 0.717) is 29.5 Å². The third kappa shape index (κ3) is 3.53. The lowest BCUT2D eigenvalue weighted by atomic mass is 10.1. The molecule has 8 nitrogen and oxygen atoms in total. The molecule has 0 saturated carbocycles. The minimum atomic E-state index is -0.354. The molecule has 0 spiro atoms. The highest BCUT2D eigenvalue weighted by Gasteiger charge is 2.23. The van der Waals surface area contributed by atoms with Crippen LogP contribution in [0.4, 0.5) is 15.0 Å². The number of halogens is 1. The van der Waals surface area contributed by atoms with Crippen molar-refractivity contribution in [3.8, 4) is 11.5 Å². The molecule has 4 heterocycles. The van der Waals surface area contributed by atoms with Crippen molar-refractivity contribution in [1.29, 1.82) is 0 Å². The molecule has 9 heteroatoms. The van der Waals surface area contributed by atoms with Gasteiger partial charge < -0.3 is 15.5 Å². The van der Waals surface area contributed by atoms with Gasteiger partial charge in [-0.2, -0.15) is 0 Å². The number of urea groups is 1. The van der Waals surface area contributed by atoms with Gasteiger partial charge in [-0.15, -0.1) is 0 Å². The molecule has 2 N–H and O–H groups in total. The number of likely N-dealkylation sites (tertiary alicyclic amines) is 1. The molecule has 27 heavy (non-hydrogen) atoms. The summed E-state index contributed by atoms with van der Waals surface area (Å²) < 4.78 is 15.2. The maximum atomic E-state index is 13.6. The first kappa shape index (κ1) is 17.2. The second kappa shape index (κ2) is 7.18. The number of pyridine rings is 1. The number of hydrogen-bond acceptors (Lipinski definition) is 5. The summed E-state index contributed by atoms with van der Waals surface area (Å²) in [4.78, 5) is 26.8. The Morgan fingerprint density at radius 1 is 1.30 bits per heavy atom. The topological polar surface area (TPSA) is 87.5 Å². The van der Waals surface area contributed by atoms with Crippen molar-refractivity contribution >= 4 is 17.5 Å². The quantitative estimate of drug-likeness (QED) is 0.739. The minimum Gasteiger partial charge on any atom is -0.365 e. The average molecular weight is 369 g/mol. The molecule has 0 aliphatic carbocycles. The molecule has 1 aliphatic heterocycles. The molecule has 3 aromatic rings. The van der Waals surface area contributed by atoms with E-state index in [2.05, 4.69) is 25.6 Å². The number of piperidine rings is 1. The molecule has 3 aromatic heterocycles. The molecule has 0 radical (unpaired) electrons. The van der Waals surface area contributed by atoms with E-state index in [1.807, 2.05) is 0 Å². The lowest BCUT2D eigenvalue weighted by molar-refractivity contribution is 0.184. The summed E-state index contributed by atoms with van der Waals surface area (Å²) in [6, 6.07) is 4.80. The fourth-order valence-corrected chi connectivity index (χ4v) is 3.33. The summed E-state index contributed by atoms with van der Waals surface area (Å²) >= 11 is 0. The molecule has 1 fully saturated rings. The van der Waals surface area contributed by atoms with E-state index in [1.54, 1.807) is 40.9 Å². The first-order valence-electron chi connectivity index (χ1n) is 8.83. The number of nitrogens with zero attached hydrogens (tertiary/aromatic N) is 5. The molecular weight excluding hydrogens is 349 g/mol. The molecule has 0 aromatic carbocycles. The van der Waals surface area contributed by atoms with E-state index in [9.17, 15) is 9.18 Å². The highest BCUT2D eigenvalue weighted by Crippen LogP contribution is 2.20. The van der Waals surface area contributed by atoms with Crippen LogP contribution in [0.5, 0.6) is 0 Å². The lowest BCUT2D eigenvalue weighted by Crippen LogP contribution is -2.48. The molecule has 1 aliphatic rings. The van der Waals surface area contributed by atoms with Crippen molar-refractivity contribution in [2.45, 2.75) is 18.9 Å². The average Bonchev–Trinajstić information content (AvgIpc) is 3.11. The molecule has 140 valence electrons. The zero-order valence-corrected chi connectivity index (χ0v) is 14.9. The summed E-state index contributed by atoms with van der Waals surface area (Å²) in [6.07, 6.45) is 6.53. The van der Waals surface area contributed by atoms with Crippen LogP contribution in [0.3, 0.4) is 0 Å². The Kier molecular flexibility index (Phi) is 4.57. The summed E-state index contributed by atoms with van der Waals surface area (Å²) in [5.74, 6) is 0.764. The van der Waals surface area contributed by atoms with Gasteiger partial charge in [0.25, 0.3) is 0 Å². The van der Waals surface area contributed by atoms with Gasteiger partial charge >= 0.3 is 6.03 Å². The predicted octanol–water partition coefficient (Wildman–Crippen LogP) is 2.15. The first-order valence-corrected chi connectivity index (χ1v) is 8.83. The van der Waals surface area contributed by atoms with Crippen molar-refractivity contribution in [2.24, 2.45) is 0 Å². The van der Waals surface area contributed by atoms with E-state index in [-0.39, 0.29) is 17.9 Å². The predicted molar refractivity (Wildman–Crippen MR) is 98.8 cm³/mol. The van der Waals surface area contributed by atoms with Crippen LogP contribution in [-0.2, 0) is 0 Å². The fourth-order valence-electron chi connectivity index (χ4n) is 3.33. The van der Waals surface area contributed by atoms with Crippen molar-refractivity contribution in [2.75, 3.05) is 25.5 Å². The van der Waals surface area contributed by atoms with Gasteiger partial charge in [0, 0.05) is 38.6 Å². The maximum Gasteiger partial charge on any atom is 0.317 e. The normalized spacial score (nSPS) is 17.1. The fraction of sp³-hybridized carbons (Fsp3) is 0.333. The van der Waals surface area contributed by atoms with Gasteiger partial charge in [-0.3, -0.25) is 4.40 Å². The molecule has 0 unspecified atom stereocenters. The number of rotatable bonds is 3. The van der Waals surface area contributed by atoms with Crippen LogP contribution in [0, 0.1) is 5.82 Å². The standard InChI is InChI=1S/C18H20FN7O/c1-20-18(27)25-8-2-3-13(11-25)23-15-6-7-21-17(24-15)14-9-22-16-5-4-12(19)10-26(14)16/h4-7,9-10,13H,2-3,8,11H2,1H3,(H,20,27)(H,21,23,24)/t13-/m1/s1. The van der Waals surface area contributed by atoms with E-state index in [0.717, 1.165) is 19.4 Å². The van der Waals surface area contributed by atoms with Crippen LogP contribution in [0.2, 0.25) is 0 Å². The van der Waals surface area contributed by atoms with Crippen LogP contribution in [0.25, 0.3) is 17.2 Å². The van der Waals surface area contributed by atoms with E-state index in [4.69, 9.17) is 0 Å². The molecule has 1 atom stereocenters.